The van der Waals surface area contributed by atoms with E-state index in [4.69, 9.17) is 56.4 Å². The topological polar surface area (TPSA) is 382 Å². The SMILES string of the molecule is CC(C)(C)OC(=O)n1cc(B2OC(C)(C)C(C)(C)O2)cc1C=O.CC(C)(C)OC(=O)n1cc(Br)cc1C=O.CCS(=O)(=O)N1CC(=CC#N)C1.C[Si](C)(C)CCOCn1ccc2c(-c3c[nH]c(C=O)c3)ncnc21.C[Si](C)(C)CCOCn1ccc2c(Cl)ncnc21.O=Cc1cc(Br)c[nH]1.[C-]#[N+]c1cc(-c2ncnc3c2ccn3COCC[Si](C)(C)C)c[nH]1. The lowest BCUT2D eigenvalue weighted by Crippen LogP contribution is -2.44. The molecular formula is C84H111BBr2ClN17O15SSi3. The Morgan fingerprint density at radius 1 is 0.605 bits per heavy atom. The molecule has 2 saturated heterocycles. The number of nitrogens with zero attached hydrogens (tertiary/aromatic N) is 14. The number of aldehydes is 4. The summed E-state index contributed by atoms with van der Waals surface area (Å²) < 4.78 is 73.1. The Hall–Kier alpha value is -9.72. The van der Waals surface area contributed by atoms with E-state index >= 15 is 0 Å². The van der Waals surface area contributed by atoms with Gasteiger partial charge in [0, 0.05) is 143 Å². The van der Waals surface area contributed by atoms with Crippen molar-refractivity contribution in [2.75, 3.05) is 38.7 Å². The molecule has 0 spiro atoms. The Kier molecular flexibility index (Phi) is 36.3. The highest BCUT2D eigenvalue weighted by atomic mass is 79.9. The van der Waals surface area contributed by atoms with Gasteiger partial charge in [-0.15, -0.1) is 0 Å². The van der Waals surface area contributed by atoms with E-state index in [1.54, 1.807) is 110 Å². The average Bonchev–Trinajstić information content (AvgIpc) is 1.64. The van der Waals surface area contributed by atoms with E-state index in [9.17, 15) is 37.2 Å². The van der Waals surface area contributed by atoms with Crippen LogP contribution in [0.25, 0.3) is 60.5 Å². The van der Waals surface area contributed by atoms with Crippen molar-refractivity contribution >= 4 is 167 Å². The maximum absolute atomic E-state index is 12.2. The maximum atomic E-state index is 12.2. The summed E-state index contributed by atoms with van der Waals surface area (Å²) in [6, 6.07) is 19.7. The number of aromatic amines is 3. The van der Waals surface area contributed by atoms with Gasteiger partial charge >= 0.3 is 19.3 Å². The van der Waals surface area contributed by atoms with Crippen molar-refractivity contribution in [2.45, 2.75) is 196 Å². The minimum absolute atomic E-state index is 0.132. The van der Waals surface area contributed by atoms with Crippen LogP contribution >= 0.6 is 43.5 Å². The van der Waals surface area contributed by atoms with Crippen LogP contribution < -0.4 is 5.46 Å². The summed E-state index contributed by atoms with van der Waals surface area (Å²) >= 11 is 12.4. The van der Waals surface area contributed by atoms with E-state index < -0.39 is 76.0 Å². The van der Waals surface area contributed by atoms with E-state index in [2.05, 4.69) is 140 Å². The van der Waals surface area contributed by atoms with Crippen LogP contribution in [0.15, 0.2) is 138 Å². The zero-order valence-electron chi connectivity index (χ0n) is 73.8. The molecule has 0 amide bonds. The number of carbonyl (C=O) groups excluding carboxylic acids is 6. The molecule has 2 aliphatic rings. The first kappa shape index (κ1) is 101. The fraction of sp³-hybridized carbons (Fsp3) is 0.429. The van der Waals surface area contributed by atoms with Gasteiger partial charge in [0.25, 0.3) is 0 Å². The van der Waals surface area contributed by atoms with Crippen LogP contribution in [0.1, 0.15) is 118 Å². The fourth-order valence-corrected chi connectivity index (χ4v) is 15.5. The molecule has 664 valence electrons. The number of halogens is 3. The Labute approximate surface area is 748 Å². The largest absolute Gasteiger partial charge is 0.496 e. The van der Waals surface area contributed by atoms with Crippen LogP contribution in [0.2, 0.25) is 82.2 Å². The molecule has 2 fully saturated rings. The number of sulfonamides is 1. The van der Waals surface area contributed by atoms with Gasteiger partial charge in [-0.1, -0.05) is 77.1 Å². The zero-order valence-corrected chi connectivity index (χ0v) is 81.6. The van der Waals surface area contributed by atoms with Gasteiger partial charge in [-0.2, -0.15) is 9.57 Å². The highest BCUT2D eigenvalue weighted by Crippen LogP contribution is 2.37. The molecule has 0 atom stereocenters. The normalized spacial score (nSPS) is 13.7. The molecule has 13 heterocycles. The second kappa shape index (κ2) is 44.4. The Morgan fingerprint density at radius 3 is 1.42 bits per heavy atom. The number of hydrogen-bond donors (Lipinski definition) is 3. The van der Waals surface area contributed by atoms with Crippen LogP contribution in [-0.4, -0.2) is 210 Å². The van der Waals surface area contributed by atoms with Crippen molar-refractivity contribution in [1.82, 2.24) is 72.0 Å². The van der Waals surface area contributed by atoms with Crippen molar-refractivity contribution in [2.24, 2.45) is 0 Å². The number of hydrogen-bond acceptors (Lipinski definition) is 22. The summed E-state index contributed by atoms with van der Waals surface area (Å²) in [6.07, 6.45) is 21.8. The molecule has 0 aliphatic carbocycles. The molecule has 40 heteroatoms. The van der Waals surface area contributed by atoms with Crippen LogP contribution in [0, 0.1) is 17.9 Å². The van der Waals surface area contributed by atoms with Crippen molar-refractivity contribution in [3.05, 3.63) is 177 Å². The number of nitriles is 1. The summed E-state index contributed by atoms with van der Waals surface area (Å²) in [7, 11) is -6.84. The van der Waals surface area contributed by atoms with Gasteiger partial charge in [0.1, 0.15) is 72.5 Å². The monoisotopic (exact) mass is 1920 g/mol. The molecule has 11 aromatic rings. The molecule has 0 saturated carbocycles. The molecule has 0 radical (unpaired) electrons. The van der Waals surface area contributed by atoms with Crippen molar-refractivity contribution in [3.63, 3.8) is 0 Å². The number of carbonyl (C=O) groups is 6. The molecule has 0 unspecified atom stereocenters. The molecule has 32 nitrogen and oxygen atoms in total. The lowest BCUT2D eigenvalue weighted by molar-refractivity contribution is 0.00578. The van der Waals surface area contributed by atoms with Crippen LogP contribution in [0.4, 0.5) is 15.4 Å². The quantitative estimate of drug-likeness (QED) is 0.0126. The average molecular weight is 1920 g/mol. The third kappa shape index (κ3) is 30.6. The van der Waals surface area contributed by atoms with Gasteiger partial charge in [0.2, 0.25) is 15.8 Å². The third-order valence-electron chi connectivity index (χ3n) is 18.7. The van der Waals surface area contributed by atoms with Crippen molar-refractivity contribution in [3.8, 4) is 28.6 Å². The van der Waals surface area contributed by atoms with Crippen LogP contribution in [0.5, 0.6) is 0 Å². The lowest BCUT2D eigenvalue weighted by Gasteiger charge is -2.32. The molecule has 0 bridgehead atoms. The summed E-state index contributed by atoms with van der Waals surface area (Å²) in [5.74, 6) is 0.637. The molecule has 13 rings (SSSR count). The number of aromatic nitrogens is 14. The smallest absolute Gasteiger partial charge is 0.443 e. The lowest BCUT2D eigenvalue weighted by atomic mass is 9.81. The standard InChI is InChI=1S/C17H21N5OSi.C17H22N4O2Si.C16H24BNO5.C12H18ClN3OSi.C10H12BrNO3.C7H10N2O2S.C5H4BrNO/c1-18-15-9-13(10-19-15)16-14-5-6-22(17(14)21-11-20-16)12-23-7-8-24(2,3)4;1-24(2,3)7-6-23-12-21-5-4-15-16(19-11-20-17(15)21)13-8-14(10-22)18-9-13;1-14(2,3)21-13(20)18-9-11(8-12(18)10-19)17-22-15(4,5)16(6,7)23-17;1-18(2,3)7-6-17-9-16-5-4-10-11(13)14-8-15-12(10)16;1-10(2,3)15-9(14)12-5-7(11)4-8(12)6-13;1-2-12(10,11)9-5-7(6-9)3-4-8;6-4-1-5(3-8)7-2-4/h5-6,9-11,19H,7-8,12H2,2-4H3;4-5,8-11,18H,6-7,12H2,1-3H3;8-10H,1-7H3;4-5,8H,6-7,9H2,1-3H3;4-6H,1-3H3;3H,2,5-6H2,1H3;1-3,7H. The van der Waals surface area contributed by atoms with Gasteiger partial charge in [-0.3, -0.25) is 23.7 Å². The number of H-pyrrole nitrogens is 3. The fourth-order valence-electron chi connectivity index (χ4n) is 11.2. The second-order valence-corrected chi connectivity index (χ2v) is 56.7. The van der Waals surface area contributed by atoms with E-state index in [1.807, 2.05) is 84.3 Å². The predicted octanol–water partition coefficient (Wildman–Crippen LogP) is 18.2. The summed E-state index contributed by atoms with van der Waals surface area (Å²) in [6.45, 7) is 52.8. The second-order valence-electron chi connectivity index (χ2n) is 35.4. The maximum Gasteiger partial charge on any atom is 0.496 e. The van der Waals surface area contributed by atoms with E-state index in [-0.39, 0.29) is 17.1 Å². The van der Waals surface area contributed by atoms with Gasteiger partial charge < -0.3 is 66.5 Å². The number of rotatable bonds is 24. The highest BCUT2D eigenvalue weighted by molar-refractivity contribution is 9.10. The van der Waals surface area contributed by atoms with Crippen molar-refractivity contribution < 1.29 is 70.2 Å². The number of nitrogens with one attached hydrogen (secondary N) is 3. The number of allylic oxidation sites excluding steroid dienone is 1. The molecule has 3 N–H and O–H groups in total. The van der Waals surface area contributed by atoms with Gasteiger partial charge in [0.05, 0.1) is 68.8 Å². The Bertz CT molecular complexity index is 5680. The minimum Gasteiger partial charge on any atom is -0.443 e. The van der Waals surface area contributed by atoms with Crippen molar-refractivity contribution in [1.29, 1.82) is 5.26 Å². The Morgan fingerprint density at radius 2 is 1.02 bits per heavy atom. The van der Waals surface area contributed by atoms with E-state index in [0.29, 0.717) is 78.1 Å². The molecular weight excluding hydrogens is 1810 g/mol. The first-order valence-electron chi connectivity index (χ1n) is 39.7. The van der Waals surface area contributed by atoms with Gasteiger partial charge in [0.15, 0.2) is 25.1 Å². The summed E-state index contributed by atoms with van der Waals surface area (Å²) in [4.78, 5) is 104. The van der Waals surface area contributed by atoms with E-state index in [0.717, 1.165) is 110 Å². The third-order valence-corrected chi connectivity index (χ3v) is 26.8. The first-order chi connectivity index (χ1) is 58.0. The highest BCUT2D eigenvalue weighted by Gasteiger charge is 2.52. The summed E-state index contributed by atoms with van der Waals surface area (Å²) in [5, 5.41) is 11.5. The number of ether oxygens (including phenoxy) is 5. The first-order valence-corrected chi connectivity index (χ1v) is 54.4. The van der Waals surface area contributed by atoms with E-state index in [1.165, 1.54) is 44.3 Å². The minimum atomic E-state index is -3.03. The predicted molar refractivity (Wildman–Crippen MR) is 496 cm³/mol. The molecule has 124 heavy (non-hydrogen) atoms. The molecule has 11 aromatic heterocycles. The van der Waals surface area contributed by atoms with Gasteiger partial charge in [-0.25, -0.2) is 52.5 Å². The van der Waals surface area contributed by atoms with Crippen LogP contribution in [-0.2, 0) is 63.2 Å². The zero-order chi connectivity index (χ0) is 91.9. The molecule has 2 aliphatic heterocycles. The van der Waals surface area contributed by atoms with Gasteiger partial charge in [-0.05, 0) is 180 Å². The Balaban J connectivity index is 0.000000203. The molecule has 0 aromatic carbocycles. The summed E-state index contributed by atoms with van der Waals surface area (Å²) in [5.41, 5.74) is 6.78. The van der Waals surface area contributed by atoms with Crippen LogP contribution in [0.3, 0.4) is 0 Å². The number of fused-ring (bicyclic) bond motifs is 3.